The average Bonchev–Trinajstić information content (AvgIpc) is 2.38. The zero-order valence-corrected chi connectivity index (χ0v) is 9.77. The topological polar surface area (TPSA) is 49.3 Å². The van der Waals surface area contributed by atoms with Gasteiger partial charge in [0.25, 0.3) is 0 Å². The van der Waals surface area contributed by atoms with E-state index in [1.54, 1.807) is 37.4 Å². The van der Waals surface area contributed by atoms with Crippen molar-refractivity contribution in [2.75, 3.05) is 12.4 Å². The molecule has 0 amide bonds. The van der Waals surface area contributed by atoms with Crippen molar-refractivity contribution in [1.29, 1.82) is 0 Å². The summed E-state index contributed by atoms with van der Waals surface area (Å²) in [4.78, 5) is 11.1. The molecule has 0 heterocycles. The zero-order valence-electron chi connectivity index (χ0n) is 9.77. The van der Waals surface area contributed by atoms with E-state index in [9.17, 15) is 9.18 Å². The van der Waals surface area contributed by atoms with E-state index in [0.29, 0.717) is 16.8 Å². The van der Waals surface area contributed by atoms with E-state index in [-0.39, 0.29) is 11.4 Å². The Hall–Kier alpha value is -2.36. The third kappa shape index (κ3) is 2.18. The van der Waals surface area contributed by atoms with Gasteiger partial charge in [0.15, 0.2) is 0 Å². The number of carbonyl (C=O) groups is 1. The van der Waals surface area contributed by atoms with Crippen LogP contribution in [0.4, 0.5) is 10.1 Å². The number of hydrogen-bond donors (Lipinski definition) is 2. The van der Waals surface area contributed by atoms with Crippen molar-refractivity contribution in [3.8, 4) is 11.1 Å². The van der Waals surface area contributed by atoms with Crippen LogP contribution in [-0.2, 0) is 0 Å². The lowest BCUT2D eigenvalue weighted by atomic mass is 10.0. The second kappa shape index (κ2) is 4.87. The smallest absolute Gasteiger partial charge is 0.337 e. The normalized spacial score (nSPS) is 10.1. The first-order valence-electron chi connectivity index (χ1n) is 5.43. The number of carboxylic acid groups (broad SMARTS) is 1. The maximum Gasteiger partial charge on any atom is 0.337 e. The lowest BCUT2D eigenvalue weighted by Gasteiger charge is -2.09. The Morgan fingerprint density at radius 2 is 1.94 bits per heavy atom. The second-order valence-electron chi connectivity index (χ2n) is 3.80. The predicted molar refractivity (Wildman–Crippen MR) is 68.3 cm³/mol. The summed E-state index contributed by atoms with van der Waals surface area (Å²) in [5.41, 5.74) is 1.56. The molecule has 92 valence electrons. The molecule has 0 aliphatic carbocycles. The van der Waals surface area contributed by atoms with Crippen molar-refractivity contribution in [3.05, 3.63) is 53.8 Å². The van der Waals surface area contributed by atoms with Crippen molar-refractivity contribution >= 4 is 11.7 Å². The molecule has 0 aliphatic heterocycles. The molecule has 0 radical (unpaired) electrons. The van der Waals surface area contributed by atoms with Crippen LogP contribution in [0.2, 0.25) is 0 Å². The minimum Gasteiger partial charge on any atom is -0.478 e. The number of anilines is 1. The molecular formula is C14H12FNO2. The molecule has 0 aliphatic rings. The van der Waals surface area contributed by atoms with E-state index in [1.807, 2.05) is 0 Å². The molecule has 0 fully saturated rings. The number of halogens is 1. The molecule has 4 heteroatoms. The van der Waals surface area contributed by atoms with Crippen molar-refractivity contribution in [1.82, 2.24) is 0 Å². The van der Waals surface area contributed by atoms with Gasteiger partial charge in [-0.15, -0.1) is 0 Å². The fraction of sp³-hybridized carbons (Fsp3) is 0.0714. The summed E-state index contributed by atoms with van der Waals surface area (Å²) in [6.07, 6.45) is 0. The number of hydrogen-bond acceptors (Lipinski definition) is 2. The molecule has 2 rings (SSSR count). The van der Waals surface area contributed by atoms with Crippen LogP contribution in [0.15, 0.2) is 42.5 Å². The lowest BCUT2D eigenvalue weighted by molar-refractivity contribution is 0.0698. The summed E-state index contributed by atoms with van der Waals surface area (Å²) in [5.74, 6) is -1.41. The Balaban J connectivity index is 2.57. The molecule has 0 atom stereocenters. The molecule has 0 saturated carbocycles. The Bertz CT molecular complexity index is 596. The first-order valence-corrected chi connectivity index (χ1v) is 5.43. The maximum atomic E-state index is 13.6. The zero-order chi connectivity index (χ0) is 13.1. The molecule has 2 N–H and O–H groups in total. The Morgan fingerprint density at radius 1 is 1.22 bits per heavy atom. The third-order valence-corrected chi connectivity index (χ3v) is 2.70. The minimum atomic E-state index is -1.04. The molecule has 0 bridgehead atoms. The van der Waals surface area contributed by atoms with Crippen LogP contribution < -0.4 is 5.32 Å². The molecular weight excluding hydrogens is 233 g/mol. The van der Waals surface area contributed by atoms with Gasteiger partial charge in [-0.1, -0.05) is 24.3 Å². The molecule has 0 saturated heterocycles. The van der Waals surface area contributed by atoms with Gasteiger partial charge in [-0.05, 0) is 23.8 Å². The van der Waals surface area contributed by atoms with Gasteiger partial charge in [-0.25, -0.2) is 9.18 Å². The highest BCUT2D eigenvalue weighted by atomic mass is 19.1. The molecule has 18 heavy (non-hydrogen) atoms. The van der Waals surface area contributed by atoms with Gasteiger partial charge in [0.1, 0.15) is 5.82 Å². The summed E-state index contributed by atoms with van der Waals surface area (Å²) < 4.78 is 13.6. The fourth-order valence-electron chi connectivity index (χ4n) is 1.80. The average molecular weight is 245 g/mol. The highest BCUT2D eigenvalue weighted by Crippen LogP contribution is 2.27. The third-order valence-electron chi connectivity index (χ3n) is 2.70. The van der Waals surface area contributed by atoms with E-state index in [0.717, 1.165) is 0 Å². The van der Waals surface area contributed by atoms with Crippen LogP contribution in [0.3, 0.4) is 0 Å². The second-order valence-corrected chi connectivity index (χ2v) is 3.80. The first-order chi connectivity index (χ1) is 8.63. The van der Waals surface area contributed by atoms with Gasteiger partial charge in [0.2, 0.25) is 0 Å². The van der Waals surface area contributed by atoms with Gasteiger partial charge in [0, 0.05) is 18.3 Å². The van der Waals surface area contributed by atoms with Crippen molar-refractivity contribution < 1.29 is 14.3 Å². The van der Waals surface area contributed by atoms with Crippen LogP contribution in [0.5, 0.6) is 0 Å². The summed E-state index contributed by atoms with van der Waals surface area (Å²) >= 11 is 0. The number of rotatable bonds is 3. The van der Waals surface area contributed by atoms with Crippen LogP contribution in [0, 0.1) is 5.82 Å². The van der Waals surface area contributed by atoms with Gasteiger partial charge in [-0.3, -0.25) is 0 Å². The quantitative estimate of drug-likeness (QED) is 0.872. The minimum absolute atomic E-state index is 0.123. The molecule has 2 aromatic carbocycles. The van der Waals surface area contributed by atoms with Crippen LogP contribution in [0.25, 0.3) is 11.1 Å². The number of carboxylic acids is 1. The van der Waals surface area contributed by atoms with Gasteiger partial charge in [-0.2, -0.15) is 0 Å². The summed E-state index contributed by atoms with van der Waals surface area (Å²) in [7, 11) is 1.64. The molecule has 0 aromatic heterocycles. The number of aromatic carboxylic acids is 1. The first kappa shape index (κ1) is 12.1. The predicted octanol–water partition coefficient (Wildman–Crippen LogP) is 3.23. The SMILES string of the molecule is CNc1ccc(-c2ccccc2F)cc1C(=O)O. The van der Waals surface area contributed by atoms with E-state index < -0.39 is 5.97 Å². The standard InChI is InChI=1S/C14H12FNO2/c1-16-13-7-6-9(8-11(13)14(17)18)10-4-2-3-5-12(10)15/h2-8,16H,1H3,(H,17,18). The van der Waals surface area contributed by atoms with E-state index in [4.69, 9.17) is 5.11 Å². The van der Waals surface area contributed by atoms with Gasteiger partial charge in [0.05, 0.1) is 5.56 Å². The highest BCUT2D eigenvalue weighted by Gasteiger charge is 2.12. The van der Waals surface area contributed by atoms with Crippen LogP contribution in [-0.4, -0.2) is 18.1 Å². The Labute approximate surface area is 104 Å². The Kier molecular flexibility index (Phi) is 3.28. The van der Waals surface area contributed by atoms with E-state index in [1.165, 1.54) is 12.1 Å². The van der Waals surface area contributed by atoms with Crippen LogP contribution in [0.1, 0.15) is 10.4 Å². The lowest BCUT2D eigenvalue weighted by Crippen LogP contribution is -2.03. The molecule has 0 unspecified atom stereocenters. The van der Waals surface area contributed by atoms with Crippen LogP contribution >= 0.6 is 0 Å². The largest absolute Gasteiger partial charge is 0.478 e. The number of nitrogens with one attached hydrogen (secondary N) is 1. The maximum absolute atomic E-state index is 13.6. The van der Waals surface area contributed by atoms with Gasteiger partial charge < -0.3 is 10.4 Å². The highest BCUT2D eigenvalue weighted by molar-refractivity contribution is 5.95. The van der Waals surface area contributed by atoms with Crippen molar-refractivity contribution in [2.24, 2.45) is 0 Å². The Morgan fingerprint density at radius 3 is 2.56 bits per heavy atom. The van der Waals surface area contributed by atoms with Crippen molar-refractivity contribution in [2.45, 2.75) is 0 Å². The molecule has 2 aromatic rings. The summed E-state index contributed by atoms with van der Waals surface area (Å²) in [5, 5.41) is 11.9. The molecule has 3 nitrogen and oxygen atoms in total. The summed E-state index contributed by atoms with van der Waals surface area (Å²) in [6, 6.07) is 11.1. The van der Waals surface area contributed by atoms with Gasteiger partial charge >= 0.3 is 5.97 Å². The monoisotopic (exact) mass is 245 g/mol. The number of benzene rings is 2. The van der Waals surface area contributed by atoms with Crippen molar-refractivity contribution in [3.63, 3.8) is 0 Å². The van der Waals surface area contributed by atoms with E-state index in [2.05, 4.69) is 5.32 Å². The fourth-order valence-corrected chi connectivity index (χ4v) is 1.80. The summed E-state index contributed by atoms with van der Waals surface area (Å²) in [6.45, 7) is 0. The van der Waals surface area contributed by atoms with E-state index >= 15 is 0 Å². The molecule has 0 spiro atoms.